The van der Waals surface area contributed by atoms with Crippen LogP contribution in [0.3, 0.4) is 0 Å². The highest BCUT2D eigenvalue weighted by atomic mass is 79.9. The normalized spacial score (nSPS) is 24.2. The van der Waals surface area contributed by atoms with Crippen LogP contribution >= 0.6 is 15.9 Å². The summed E-state index contributed by atoms with van der Waals surface area (Å²) in [6.45, 7) is 5.83. The molecule has 1 N–H and O–H groups in total. The molecule has 0 saturated carbocycles. The van der Waals surface area contributed by atoms with E-state index in [0.29, 0.717) is 18.1 Å². The van der Waals surface area contributed by atoms with Crippen molar-refractivity contribution in [2.75, 3.05) is 13.1 Å². The number of aryl methyl sites for hydroxylation is 2. The third-order valence-corrected chi connectivity index (χ3v) is 4.57. The molecule has 17 heavy (non-hydrogen) atoms. The molecule has 0 spiro atoms. The van der Waals surface area contributed by atoms with Crippen LogP contribution in [0.5, 0.6) is 0 Å². The van der Waals surface area contributed by atoms with Crippen molar-refractivity contribution >= 4 is 21.7 Å². The van der Waals surface area contributed by atoms with E-state index in [2.05, 4.69) is 33.3 Å². The van der Waals surface area contributed by atoms with Crippen LogP contribution in [0.25, 0.3) is 0 Å². The Morgan fingerprint density at radius 3 is 2.76 bits per heavy atom. The molecule has 1 fully saturated rings. The van der Waals surface area contributed by atoms with Crippen LogP contribution in [0.1, 0.15) is 18.3 Å². The van der Waals surface area contributed by atoms with Crippen LogP contribution in [-0.2, 0) is 18.3 Å². The van der Waals surface area contributed by atoms with Crippen LogP contribution in [0.2, 0.25) is 0 Å². The highest BCUT2D eigenvalue weighted by molar-refractivity contribution is 9.10. The molecule has 1 aromatic rings. The number of nitrogens with one attached hydrogen (secondary N) is 1. The molecule has 0 amide bonds. The minimum absolute atomic E-state index is 0.150. The van der Waals surface area contributed by atoms with Crippen LogP contribution in [-0.4, -0.2) is 28.7 Å². The first-order chi connectivity index (χ1) is 8.00. The van der Waals surface area contributed by atoms with E-state index in [1.807, 2.05) is 14.0 Å². The Morgan fingerprint density at radius 2 is 2.29 bits per heavy atom. The van der Waals surface area contributed by atoms with E-state index in [1.54, 1.807) is 4.68 Å². The van der Waals surface area contributed by atoms with Gasteiger partial charge >= 0.3 is 0 Å². The number of aromatic nitrogens is 2. The van der Waals surface area contributed by atoms with E-state index in [9.17, 15) is 4.79 Å². The average molecular weight is 300 g/mol. The molecule has 1 aliphatic rings. The number of halogens is 1. The highest BCUT2D eigenvalue weighted by Gasteiger charge is 2.30. The zero-order chi connectivity index (χ0) is 12.6. The smallest absolute Gasteiger partial charge is 0.143 e. The lowest BCUT2D eigenvalue weighted by atomic mass is 9.91. The Hall–Kier alpha value is -0.680. The first-order valence-electron chi connectivity index (χ1n) is 5.92. The van der Waals surface area contributed by atoms with Gasteiger partial charge in [0.05, 0.1) is 15.9 Å². The number of hydrogen-bond acceptors (Lipinski definition) is 3. The Balaban J connectivity index is 2.13. The van der Waals surface area contributed by atoms with E-state index < -0.39 is 0 Å². The summed E-state index contributed by atoms with van der Waals surface area (Å²) in [7, 11) is 1.89. The predicted octanol–water partition coefficient (Wildman–Crippen LogP) is 1.46. The summed E-state index contributed by atoms with van der Waals surface area (Å²) in [4.78, 5) is 12.2. The van der Waals surface area contributed by atoms with Gasteiger partial charge in [-0.1, -0.05) is 6.92 Å². The quantitative estimate of drug-likeness (QED) is 0.919. The summed E-state index contributed by atoms with van der Waals surface area (Å²) in [6, 6.07) is 0. The summed E-state index contributed by atoms with van der Waals surface area (Å²) in [5, 5.41) is 7.58. The minimum atomic E-state index is 0.150. The standard InChI is InChI=1S/C12H18BrN3O/c1-7-5-14-6-9(7)11(17)4-10-12(13)8(2)15-16(10)3/h7,9,14H,4-6H2,1-3H3. The average Bonchev–Trinajstić information content (AvgIpc) is 2.78. The minimum Gasteiger partial charge on any atom is -0.316 e. The van der Waals surface area contributed by atoms with Gasteiger partial charge in [0.15, 0.2) is 0 Å². The Labute approximate surface area is 110 Å². The molecule has 0 radical (unpaired) electrons. The van der Waals surface area contributed by atoms with Gasteiger partial charge < -0.3 is 5.32 Å². The fourth-order valence-electron chi connectivity index (χ4n) is 2.41. The largest absolute Gasteiger partial charge is 0.316 e. The van der Waals surface area contributed by atoms with Crippen molar-refractivity contribution in [3.63, 3.8) is 0 Å². The molecule has 94 valence electrons. The lowest BCUT2D eigenvalue weighted by Gasteiger charge is -2.12. The molecule has 0 bridgehead atoms. The second-order valence-corrected chi connectivity index (χ2v) is 5.65. The van der Waals surface area contributed by atoms with Crippen molar-refractivity contribution in [2.45, 2.75) is 20.3 Å². The lowest BCUT2D eigenvalue weighted by molar-refractivity contribution is -0.122. The lowest BCUT2D eigenvalue weighted by Crippen LogP contribution is -2.24. The summed E-state index contributed by atoms with van der Waals surface area (Å²) in [6.07, 6.45) is 0.467. The van der Waals surface area contributed by atoms with E-state index >= 15 is 0 Å². The molecule has 0 aliphatic carbocycles. The van der Waals surface area contributed by atoms with Gasteiger partial charge in [-0.2, -0.15) is 5.10 Å². The fourth-order valence-corrected chi connectivity index (χ4v) is 2.89. The molecular formula is C12H18BrN3O. The van der Waals surface area contributed by atoms with Crippen LogP contribution in [0.15, 0.2) is 4.47 Å². The fraction of sp³-hybridized carbons (Fsp3) is 0.667. The summed E-state index contributed by atoms with van der Waals surface area (Å²) >= 11 is 3.50. The first-order valence-corrected chi connectivity index (χ1v) is 6.71. The van der Waals surface area contributed by atoms with Crippen LogP contribution in [0.4, 0.5) is 0 Å². The first kappa shape index (κ1) is 12.8. The molecule has 1 aliphatic heterocycles. The molecule has 1 aromatic heterocycles. The topological polar surface area (TPSA) is 46.9 Å². The SMILES string of the molecule is Cc1nn(C)c(CC(=O)C2CNCC2C)c1Br. The van der Waals surface area contributed by atoms with E-state index in [1.165, 1.54) is 0 Å². The van der Waals surface area contributed by atoms with Crippen LogP contribution in [0, 0.1) is 18.8 Å². The number of nitrogens with zero attached hydrogens (tertiary/aromatic N) is 2. The maximum atomic E-state index is 12.2. The molecule has 2 unspecified atom stereocenters. The zero-order valence-corrected chi connectivity index (χ0v) is 12.0. The van der Waals surface area contributed by atoms with Crippen molar-refractivity contribution in [3.05, 3.63) is 15.9 Å². The van der Waals surface area contributed by atoms with Crippen molar-refractivity contribution < 1.29 is 4.79 Å². The van der Waals surface area contributed by atoms with Gasteiger partial charge in [0.25, 0.3) is 0 Å². The van der Waals surface area contributed by atoms with Gasteiger partial charge in [-0.3, -0.25) is 9.48 Å². The molecule has 5 heteroatoms. The highest BCUT2D eigenvalue weighted by Crippen LogP contribution is 2.24. The van der Waals surface area contributed by atoms with E-state index in [0.717, 1.165) is 29.0 Å². The summed E-state index contributed by atoms with van der Waals surface area (Å²) in [5.41, 5.74) is 1.92. The number of rotatable bonds is 3. The van der Waals surface area contributed by atoms with Gasteiger partial charge in [0.1, 0.15) is 5.78 Å². The van der Waals surface area contributed by atoms with Gasteiger partial charge in [0.2, 0.25) is 0 Å². The molecule has 2 rings (SSSR count). The third kappa shape index (κ3) is 2.45. The van der Waals surface area contributed by atoms with Gasteiger partial charge in [-0.25, -0.2) is 0 Å². The third-order valence-electron chi connectivity index (χ3n) is 3.53. The maximum Gasteiger partial charge on any atom is 0.143 e. The summed E-state index contributed by atoms with van der Waals surface area (Å²) in [5.74, 6) is 0.902. The number of hydrogen-bond donors (Lipinski definition) is 1. The molecule has 2 atom stereocenters. The zero-order valence-electron chi connectivity index (χ0n) is 10.5. The van der Waals surface area contributed by atoms with E-state index in [4.69, 9.17) is 0 Å². The van der Waals surface area contributed by atoms with E-state index in [-0.39, 0.29) is 5.92 Å². The Kier molecular flexibility index (Phi) is 3.68. The molecule has 2 heterocycles. The van der Waals surface area contributed by atoms with Crippen molar-refractivity contribution in [2.24, 2.45) is 18.9 Å². The molecule has 1 saturated heterocycles. The van der Waals surface area contributed by atoms with Crippen molar-refractivity contribution in [1.29, 1.82) is 0 Å². The monoisotopic (exact) mass is 299 g/mol. The predicted molar refractivity (Wildman–Crippen MR) is 69.9 cm³/mol. The van der Waals surface area contributed by atoms with Crippen molar-refractivity contribution in [3.8, 4) is 0 Å². The maximum absolute atomic E-state index is 12.2. The van der Waals surface area contributed by atoms with Crippen molar-refractivity contribution in [1.82, 2.24) is 15.1 Å². The molecular weight excluding hydrogens is 282 g/mol. The van der Waals surface area contributed by atoms with Gasteiger partial charge in [0, 0.05) is 25.9 Å². The molecule has 0 aromatic carbocycles. The number of Topliss-reactive ketones (excluding diaryl/α,β-unsaturated/α-hetero) is 1. The number of carbonyl (C=O) groups is 1. The second kappa shape index (κ2) is 4.90. The van der Waals surface area contributed by atoms with Gasteiger partial charge in [-0.05, 0) is 35.3 Å². The van der Waals surface area contributed by atoms with Crippen LogP contribution < -0.4 is 5.32 Å². The second-order valence-electron chi connectivity index (χ2n) is 4.85. The van der Waals surface area contributed by atoms with Gasteiger partial charge in [-0.15, -0.1) is 0 Å². The Bertz CT molecular complexity index is 441. The Morgan fingerprint density at radius 1 is 1.59 bits per heavy atom. The number of ketones is 1. The summed E-state index contributed by atoms with van der Waals surface area (Å²) < 4.78 is 2.76. The molecule has 4 nitrogen and oxygen atoms in total. The number of carbonyl (C=O) groups excluding carboxylic acids is 1.